The van der Waals surface area contributed by atoms with Gasteiger partial charge >= 0.3 is 15.6 Å². The minimum atomic E-state index is -3.64. The second-order valence-corrected chi connectivity index (χ2v) is 7.67. The minimum Gasteiger partial charge on any atom is -0.404 e. The summed E-state index contributed by atoms with van der Waals surface area (Å²) < 4.78 is 50.4. The van der Waals surface area contributed by atoms with Gasteiger partial charge < -0.3 is 4.52 Å². The van der Waals surface area contributed by atoms with Crippen molar-refractivity contribution in [1.82, 2.24) is 0 Å². The van der Waals surface area contributed by atoms with Crippen LogP contribution in [0.3, 0.4) is 0 Å². The Labute approximate surface area is 143 Å². The van der Waals surface area contributed by atoms with Gasteiger partial charge in [0.25, 0.3) is 0 Å². The van der Waals surface area contributed by atoms with E-state index in [9.17, 15) is 9.13 Å². The van der Waals surface area contributed by atoms with E-state index >= 15 is 0 Å². The molecule has 8 nitrogen and oxygen atoms in total. The summed E-state index contributed by atoms with van der Waals surface area (Å²) in [5.74, 6) is 0.299. The highest BCUT2D eigenvalue weighted by Gasteiger charge is 2.27. The van der Waals surface area contributed by atoms with Gasteiger partial charge in [-0.2, -0.15) is 0 Å². The lowest BCUT2D eigenvalue weighted by atomic mass is 10.3. The summed E-state index contributed by atoms with van der Waals surface area (Å²) in [4.78, 5) is 0. The predicted octanol–water partition coefficient (Wildman–Crippen LogP) is 4.84. The number of hydrogen-bond donors (Lipinski definition) is 1. The van der Waals surface area contributed by atoms with Gasteiger partial charge in [-0.3, -0.25) is 23.2 Å². The molecule has 1 aromatic carbocycles. The molecular weight excluding hydrogens is 356 g/mol. The topological polar surface area (TPSA) is 92.3 Å². The lowest BCUT2D eigenvalue weighted by molar-refractivity contribution is 0.167. The van der Waals surface area contributed by atoms with Gasteiger partial charge in [-0.05, 0) is 52.0 Å². The molecule has 0 saturated carbocycles. The summed E-state index contributed by atoms with van der Waals surface area (Å²) in [6, 6.07) is 6.30. The van der Waals surface area contributed by atoms with Crippen molar-refractivity contribution in [3.05, 3.63) is 24.3 Å². The van der Waals surface area contributed by atoms with E-state index in [4.69, 9.17) is 22.6 Å². The molecule has 24 heavy (non-hydrogen) atoms. The van der Waals surface area contributed by atoms with E-state index in [1.807, 2.05) is 0 Å². The summed E-state index contributed by atoms with van der Waals surface area (Å²) >= 11 is 0. The Morgan fingerprint density at radius 1 is 0.792 bits per heavy atom. The van der Waals surface area contributed by atoms with E-state index < -0.39 is 15.6 Å². The van der Waals surface area contributed by atoms with Gasteiger partial charge in [-0.15, -0.1) is 0 Å². The number of nitrogens with one attached hydrogen (secondary N) is 1. The molecule has 1 rings (SSSR count). The minimum absolute atomic E-state index is 0.197. The molecule has 0 unspecified atom stereocenters. The van der Waals surface area contributed by atoms with E-state index in [1.54, 1.807) is 52.0 Å². The van der Waals surface area contributed by atoms with Crippen LogP contribution in [0.1, 0.15) is 27.7 Å². The Morgan fingerprint density at radius 3 is 1.67 bits per heavy atom. The summed E-state index contributed by atoms with van der Waals surface area (Å²) in [6.07, 6.45) is 0. The highest BCUT2D eigenvalue weighted by molar-refractivity contribution is 7.55. The largest absolute Gasteiger partial charge is 0.530 e. The normalized spacial score (nSPS) is 12.2. The molecule has 0 amide bonds. The molecule has 1 aromatic rings. The van der Waals surface area contributed by atoms with Crippen LogP contribution in [-0.2, 0) is 27.2 Å². The Morgan fingerprint density at radius 2 is 1.25 bits per heavy atom. The van der Waals surface area contributed by atoms with Crippen LogP contribution >= 0.6 is 15.6 Å². The van der Waals surface area contributed by atoms with Crippen LogP contribution in [0.25, 0.3) is 0 Å². The first-order valence-corrected chi connectivity index (χ1v) is 10.8. The molecular formula is C14H25NO7P2. The fraction of sp³-hybridized carbons (Fsp3) is 0.571. The van der Waals surface area contributed by atoms with Gasteiger partial charge in [0.15, 0.2) is 0 Å². The zero-order valence-electron chi connectivity index (χ0n) is 14.4. The summed E-state index contributed by atoms with van der Waals surface area (Å²) in [7, 11) is -7.06. The Hall–Kier alpha value is -0.880. The van der Waals surface area contributed by atoms with Crippen molar-refractivity contribution >= 4 is 21.3 Å². The van der Waals surface area contributed by atoms with Crippen molar-refractivity contribution in [2.45, 2.75) is 27.7 Å². The lowest BCUT2D eigenvalue weighted by Crippen LogP contribution is -2.05. The monoisotopic (exact) mass is 381 g/mol. The predicted molar refractivity (Wildman–Crippen MR) is 92.4 cm³/mol. The van der Waals surface area contributed by atoms with Crippen LogP contribution in [-0.4, -0.2) is 26.4 Å². The smallest absolute Gasteiger partial charge is 0.404 e. The van der Waals surface area contributed by atoms with Crippen LogP contribution in [0.5, 0.6) is 5.75 Å². The molecule has 0 atom stereocenters. The third-order valence-corrected chi connectivity index (χ3v) is 5.82. The van der Waals surface area contributed by atoms with Crippen molar-refractivity contribution < 1.29 is 31.7 Å². The second-order valence-electron chi connectivity index (χ2n) is 4.34. The second kappa shape index (κ2) is 10.2. The standard InChI is InChI=1S/C14H25NO7P2/c1-5-18-23(16,19-6-2)15-13-9-11-14(12-10-13)22-24(17,20-7-3)21-8-4/h9-12H,5-8H2,1-4H3,(H,15,16). The number of phosphoric acid groups is 1. The quantitative estimate of drug-likeness (QED) is 0.514. The Balaban J connectivity index is 2.81. The Bertz CT molecular complexity index is 508. The maximum Gasteiger partial charge on any atom is 0.530 e. The van der Waals surface area contributed by atoms with Crippen LogP contribution < -0.4 is 9.61 Å². The molecule has 0 aliphatic carbocycles. The number of hydrogen-bond acceptors (Lipinski definition) is 7. The molecule has 0 spiro atoms. The van der Waals surface area contributed by atoms with E-state index in [0.717, 1.165) is 0 Å². The molecule has 0 aliphatic rings. The number of phosphoric ester groups is 1. The first-order chi connectivity index (χ1) is 11.4. The van der Waals surface area contributed by atoms with Crippen molar-refractivity contribution in [3.63, 3.8) is 0 Å². The maximum atomic E-state index is 12.4. The van der Waals surface area contributed by atoms with Crippen LogP contribution in [0.15, 0.2) is 24.3 Å². The van der Waals surface area contributed by atoms with Gasteiger partial charge in [0.2, 0.25) is 0 Å². The van der Waals surface area contributed by atoms with Crippen LogP contribution in [0.2, 0.25) is 0 Å². The summed E-state index contributed by atoms with van der Waals surface area (Å²) in [5, 5.41) is 2.72. The van der Waals surface area contributed by atoms with Gasteiger partial charge in [-0.1, -0.05) is 0 Å². The zero-order valence-corrected chi connectivity index (χ0v) is 16.2. The molecule has 0 aromatic heterocycles. The van der Waals surface area contributed by atoms with Gasteiger partial charge in [0, 0.05) is 5.69 Å². The fourth-order valence-corrected chi connectivity index (χ4v) is 4.27. The molecule has 0 bridgehead atoms. The SMILES string of the molecule is CCOP(=O)(Nc1ccc(OP(=O)(OCC)OCC)cc1)OCC. The summed E-state index contributed by atoms with van der Waals surface area (Å²) in [6.45, 7) is 7.73. The molecule has 0 aliphatic heterocycles. The number of benzene rings is 1. The molecule has 0 saturated heterocycles. The van der Waals surface area contributed by atoms with Gasteiger partial charge in [-0.25, -0.2) is 9.13 Å². The van der Waals surface area contributed by atoms with Crippen molar-refractivity contribution in [2.75, 3.05) is 31.5 Å². The highest BCUT2D eigenvalue weighted by atomic mass is 31.2. The van der Waals surface area contributed by atoms with E-state index in [-0.39, 0.29) is 26.4 Å². The highest BCUT2D eigenvalue weighted by Crippen LogP contribution is 2.50. The molecule has 0 radical (unpaired) electrons. The molecule has 1 N–H and O–H groups in total. The zero-order chi connectivity index (χ0) is 18.1. The van der Waals surface area contributed by atoms with Crippen molar-refractivity contribution in [2.24, 2.45) is 0 Å². The average molecular weight is 381 g/mol. The van der Waals surface area contributed by atoms with E-state index in [2.05, 4.69) is 5.09 Å². The van der Waals surface area contributed by atoms with Gasteiger partial charge in [0.1, 0.15) is 5.75 Å². The first kappa shape index (κ1) is 21.2. The summed E-state index contributed by atoms with van der Waals surface area (Å²) in [5.41, 5.74) is 0.509. The third-order valence-electron chi connectivity index (χ3n) is 2.51. The Kier molecular flexibility index (Phi) is 8.98. The third kappa shape index (κ3) is 6.93. The fourth-order valence-electron chi connectivity index (χ4n) is 1.73. The first-order valence-electron chi connectivity index (χ1n) is 7.76. The molecule has 10 heteroatoms. The van der Waals surface area contributed by atoms with Crippen LogP contribution in [0, 0.1) is 0 Å². The number of anilines is 1. The average Bonchev–Trinajstić information content (AvgIpc) is 2.50. The van der Waals surface area contributed by atoms with Gasteiger partial charge in [0.05, 0.1) is 26.4 Å². The molecule has 0 heterocycles. The van der Waals surface area contributed by atoms with E-state index in [1.165, 1.54) is 0 Å². The molecule has 0 fully saturated rings. The van der Waals surface area contributed by atoms with Crippen molar-refractivity contribution in [3.8, 4) is 5.75 Å². The van der Waals surface area contributed by atoms with Crippen LogP contribution in [0.4, 0.5) is 5.69 Å². The van der Waals surface area contributed by atoms with E-state index in [0.29, 0.717) is 11.4 Å². The van der Waals surface area contributed by atoms with Crippen molar-refractivity contribution in [1.29, 1.82) is 0 Å². The molecule has 138 valence electrons. The lowest BCUT2D eigenvalue weighted by Gasteiger charge is -2.19. The number of rotatable bonds is 12. The maximum absolute atomic E-state index is 12.4.